The minimum atomic E-state index is -3.14. The van der Waals surface area contributed by atoms with Crippen molar-refractivity contribution in [3.63, 3.8) is 0 Å². The molecule has 2 rings (SSSR count). The van der Waals surface area contributed by atoms with Crippen molar-refractivity contribution in [3.05, 3.63) is 36.3 Å². The van der Waals surface area contributed by atoms with E-state index in [0.717, 1.165) is 12.3 Å². The third-order valence-electron chi connectivity index (χ3n) is 3.29. The second-order valence-electron chi connectivity index (χ2n) is 4.81. The van der Waals surface area contributed by atoms with E-state index in [2.05, 4.69) is 6.58 Å². The van der Waals surface area contributed by atoms with Gasteiger partial charge in [0.15, 0.2) is 15.6 Å². The summed E-state index contributed by atoms with van der Waals surface area (Å²) in [6, 6.07) is 0.684. The second-order valence-corrected chi connectivity index (χ2v) is 7.04. The number of hydrogen-bond acceptors (Lipinski definition) is 5. The molecule has 1 fully saturated rings. The predicted octanol–water partition coefficient (Wildman–Crippen LogP) is 0.793. The first kappa shape index (κ1) is 15.3. The number of rotatable bonds is 5. The van der Waals surface area contributed by atoms with Gasteiger partial charge in [-0.25, -0.2) is 13.2 Å². The van der Waals surface area contributed by atoms with Crippen LogP contribution in [0.15, 0.2) is 29.4 Å². The Bertz CT molecular complexity index is 675. The summed E-state index contributed by atoms with van der Waals surface area (Å²) in [7, 11) is -3.14. The van der Waals surface area contributed by atoms with Crippen LogP contribution in [0.5, 0.6) is 0 Å². The lowest BCUT2D eigenvalue weighted by Crippen LogP contribution is -2.41. The Labute approximate surface area is 121 Å². The highest BCUT2D eigenvalue weighted by atomic mass is 32.2. The van der Waals surface area contributed by atoms with E-state index in [1.807, 2.05) is 0 Å². The maximum absolute atomic E-state index is 12.4. The monoisotopic (exact) mass is 313 g/mol. The van der Waals surface area contributed by atoms with Gasteiger partial charge in [-0.3, -0.25) is 4.79 Å². The number of carboxylic acid groups (broad SMARTS) is 1. The van der Waals surface area contributed by atoms with E-state index in [1.54, 1.807) is 0 Å². The summed E-state index contributed by atoms with van der Waals surface area (Å²) in [5, 5.41) is 8.82. The van der Waals surface area contributed by atoms with Crippen LogP contribution < -0.4 is 0 Å². The van der Waals surface area contributed by atoms with Crippen LogP contribution in [-0.4, -0.2) is 54.4 Å². The summed E-state index contributed by atoms with van der Waals surface area (Å²) < 4.78 is 28.0. The predicted molar refractivity (Wildman–Crippen MR) is 74.0 cm³/mol. The molecule has 1 aliphatic rings. The summed E-state index contributed by atoms with van der Waals surface area (Å²) in [6.07, 6.45) is 2.82. The van der Waals surface area contributed by atoms with Gasteiger partial charge in [-0.1, -0.05) is 6.08 Å². The van der Waals surface area contributed by atoms with E-state index in [9.17, 15) is 18.0 Å². The Morgan fingerprint density at radius 3 is 2.71 bits per heavy atom. The third kappa shape index (κ3) is 3.33. The van der Waals surface area contributed by atoms with Gasteiger partial charge in [-0.05, 0) is 6.42 Å². The lowest BCUT2D eigenvalue weighted by atomic mass is 10.2. The van der Waals surface area contributed by atoms with Crippen LogP contribution in [0.3, 0.4) is 0 Å². The Balaban J connectivity index is 2.23. The zero-order chi connectivity index (χ0) is 15.6. The molecule has 2 heterocycles. The van der Waals surface area contributed by atoms with Gasteiger partial charge in [0.25, 0.3) is 5.91 Å². The molecule has 8 heteroatoms. The Kier molecular flexibility index (Phi) is 4.17. The summed E-state index contributed by atoms with van der Waals surface area (Å²) in [6.45, 7) is 3.72. The van der Waals surface area contributed by atoms with Gasteiger partial charge in [0.2, 0.25) is 0 Å². The zero-order valence-corrected chi connectivity index (χ0v) is 12.0. The Morgan fingerprint density at radius 1 is 1.52 bits per heavy atom. The van der Waals surface area contributed by atoms with Crippen molar-refractivity contribution in [2.75, 3.05) is 18.1 Å². The molecule has 1 atom stereocenters. The van der Waals surface area contributed by atoms with E-state index >= 15 is 0 Å². The molecule has 1 aromatic heterocycles. The molecule has 0 aromatic carbocycles. The second kappa shape index (κ2) is 5.72. The van der Waals surface area contributed by atoms with Gasteiger partial charge in [0.1, 0.15) is 6.26 Å². The molecule has 1 saturated heterocycles. The van der Waals surface area contributed by atoms with Crippen LogP contribution in [0.1, 0.15) is 27.3 Å². The molecular formula is C13H15NO6S. The van der Waals surface area contributed by atoms with Crippen LogP contribution in [-0.2, 0) is 9.84 Å². The number of furan rings is 1. The number of aromatic carboxylic acids is 1. The number of carboxylic acids is 1. The molecule has 1 N–H and O–H groups in total. The van der Waals surface area contributed by atoms with Crippen molar-refractivity contribution in [3.8, 4) is 0 Å². The highest BCUT2D eigenvalue weighted by Crippen LogP contribution is 2.21. The number of carbonyl (C=O) groups is 2. The maximum Gasteiger partial charge on any atom is 0.338 e. The van der Waals surface area contributed by atoms with Gasteiger partial charge in [0.05, 0.1) is 17.1 Å². The molecule has 1 aromatic rings. The van der Waals surface area contributed by atoms with E-state index in [1.165, 1.54) is 11.0 Å². The molecule has 21 heavy (non-hydrogen) atoms. The van der Waals surface area contributed by atoms with Gasteiger partial charge in [0, 0.05) is 18.7 Å². The highest BCUT2D eigenvalue weighted by Gasteiger charge is 2.35. The van der Waals surface area contributed by atoms with E-state index < -0.39 is 27.8 Å². The van der Waals surface area contributed by atoms with E-state index in [-0.39, 0.29) is 29.4 Å². The van der Waals surface area contributed by atoms with Crippen molar-refractivity contribution in [1.82, 2.24) is 4.90 Å². The summed E-state index contributed by atoms with van der Waals surface area (Å²) in [5.41, 5.74) is -0.129. The van der Waals surface area contributed by atoms with Crippen molar-refractivity contribution in [2.45, 2.75) is 12.5 Å². The Morgan fingerprint density at radius 2 is 2.24 bits per heavy atom. The third-order valence-corrected chi connectivity index (χ3v) is 5.04. The van der Waals surface area contributed by atoms with Gasteiger partial charge < -0.3 is 14.4 Å². The maximum atomic E-state index is 12.4. The van der Waals surface area contributed by atoms with Crippen molar-refractivity contribution in [1.29, 1.82) is 0 Å². The lowest BCUT2D eigenvalue weighted by molar-refractivity contribution is 0.0682. The van der Waals surface area contributed by atoms with Crippen LogP contribution >= 0.6 is 0 Å². The quantitative estimate of drug-likeness (QED) is 0.806. The van der Waals surface area contributed by atoms with Crippen LogP contribution in [0, 0.1) is 0 Å². The first-order valence-electron chi connectivity index (χ1n) is 6.28. The minimum absolute atomic E-state index is 0.0388. The lowest BCUT2D eigenvalue weighted by Gasteiger charge is -2.25. The molecule has 0 bridgehead atoms. The van der Waals surface area contributed by atoms with Crippen LogP contribution in [0.4, 0.5) is 0 Å². The average molecular weight is 313 g/mol. The average Bonchev–Trinajstić information content (AvgIpc) is 3.01. The smallest absolute Gasteiger partial charge is 0.338 e. The summed E-state index contributed by atoms with van der Waals surface area (Å²) in [5.74, 6) is -1.92. The largest absolute Gasteiger partial charge is 0.478 e. The highest BCUT2D eigenvalue weighted by molar-refractivity contribution is 7.91. The van der Waals surface area contributed by atoms with Crippen LogP contribution in [0.25, 0.3) is 0 Å². The standard InChI is InChI=1S/C13H15NO6S/c1-2-4-14(10-3-5-21(18,19)8-10)12(15)11-6-9(7-20-11)13(16)17/h2,6-7,10H,1,3-5,8H2,(H,16,17). The molecule has 0 radical (unpaired) electrons. The first-order chi connectivity index (χ1) is 9.84. The Hall–Kier alpha value is -2.09. The van der Waals surface area contributed by atoms with Crippen molar-refractivity contribution in [2.24, 2.45) is 0 Å². The van der Waals surface area contributed by atoms with Crippen LogP contribution in [0.2, 0.25) is 0 Å². The fourth-order valence-electron chi connectivity index (χ4n) is 2.26. The fourth-order valence-corrected chi connectivity index (χ4v) is 3.99. The fraction of sp³-hybridized carbons (Fsp3) is 0.385. The number of carbonyl (C=O) groups excluding carboxylic acids is 1. The molecular weight excluding hydrogens is 298 g/mol. The van der Waals surface area contributed by atoms with Gasteiger partial charge in [-0.15, -0.1) is 6.58 Å². The van der Waals surface area contributed by atoms with Gasteiger partial charge in [-0.2, -0.15) is 0 Å². The summed E-state index contributed by atoms with van der Waals surface area (Å²) >= 11 is 0. The number of sulfone groups is 1. The topological polar surface area (TPSA) is 105 Å². The zero-order valence-electron chi connectivity index (χ0n) is 11.2. The number of hydrogen-bond donors (Lipinski definition) is 1. The van der Waals surface area contributed by atoms with Crippen molar-refractivity contribution >= 4 is 21.7 Å². The van der Waals surface area contributed by atoms with E-state index in [0.29, 0.717) is 6.42 Å². The normalized spacial score (nSPS) is 20.1. The molecule has 0 saturated carbocycles. The SMILES string of the molecule is C=CCN(C(=O)c1cc(C(=O)O)co1)C1CCS(=O)(=O)C1. The molecule has 0 spiro atoms. The molecule has 1 unspecified atom stereocenters. The first-order valence-corrected chi connectivity index (χ1v) is 8.10. The van der Waals surface area contributed by atoms with E-state index in [4.69, 9.17) is 9.52 Å². The molecule has 1 aliphatic heterocycles. The molecule has 7 nitrogen and oxygen atoms in total. The number of nitrogens with zero attached hydrogens (tertiary/aromatic N) is 1. The summed E-state index contributed by atoms with van der Waals surface area (Å²) in [4.78, 5) is 24.5. The van der Waals surface area contributed by atoms with Gasteiger partial charge >= 0.3 is 5.97 Å². The van der Waals surface area contributed by atoms with Crippen molar-refractivity contribution < 1.29 is 27.5 Å². The molecule has 114 valence electrons. The minimum Gasteiger partial charge on any atom is -0.478 e. The number of amides is 1. The molecule has 0 aliphatic carbocycles. The molecule has 1 amide bonds.